The Labute approximate surface area is 182 Å². The van der Waals surface area contributed by atoms with E-state index in [-0.39, 0.29) is 30.4 Å². The second kappa shape index (κ2) is 7.80. The number of piperazine rings is 1. The number of carbonyl (C=O) groups excluding carboxylic acids is 2. The van der Waals surface area contributed by atoms with Gasteiger partial charge in [-0.1, -0.05) is 12.1 Å². The molecule has 2 aromatic carbocycles. The van der Waals surface area contributed by atoms with Crippen molar-refractivity contribution < 1.29 is 19.1 Å². The van der Waals surface area contributed by atoms with Gasteiger partial charge in [-0.25, -0.2) is 0 Å². The molecule has 7 heteroatoms. The van der Waals surface area contributed by atoms with Gasteiger partial charge in [0.15, 0.2) is 11.5 Å². The molecule has 2 atom stereocenters. The van der Waals surface area contributed by atoms with Crippen LogP contribution in [0.25, 0.3) is 0 Å². The molecule has 2 fully saturated rings. The summed E-state index contributed by atoms with van der Waals surface area (Å²) < 4.78 is 10.8. The Balaban J connectivity index is 1.17. The Hall–Kier alpha value is -3.22. The fourth-order valence-electron chi connectivity index (χ4n) is 4.44. The number of fused-ring (bicyclic) bond motifs is 1. The standard InChI is InChI=1S/C24H27N3O4/c1-25(2)18-5-3-4-17(12-18)23(28)26-8-10-27(11-9-26)24(29)20-14-19(20)16-6-7-21-22(13-16)31-15-30-21/h3-7,12-13,19-20H,8-11,14-15H2,1-2H3/t19-,20-/m1/s1. The predicted molar refractivity (Wildman–Crippen MR) is 117 cm³/mol. The molecule has 1 saturated heterocycles. The number of carbonyl (C=O) groups is 2. The molecule has 3 aliphatic rings. The van der Waals surface area contributed by atoms with Crippen LogP contribution in [0.5, 0.6) is 11.5 Å². The first-order valence-electron chi connectivity index (χ1n) is 10.8. The molecule has 31 heavy (non-hydrogen) atoms. The van der Waals surface area contributed by atoms with Gasteiger partial charge < -0.3 is 24.2 Å². The maximum atomic E-state index is 13.0. The molecule has 2 aliphatic heterocycles. The van der Waals surface area contributed by atoms with E-state index in [1.165, 1.54) is 0 Å². The van der Waals surface area contributed by atoms with E-state index in [9.17, 15) is 9.59 Å². The van der Waals surface area contributed by atoms with Gasteiger partial charge in [0.1, 0.15) is 0 Å². The maximum Gasteiger partial charge on any atom is 0.254 e. The average Bonchev–Trinajstić information content (AvgIpc) is 3.47. The Kier molecular flexibility index (Phi) is 4.96. The van der Waals surface area contributed by atoms with Crippen LogP contribution in [0, 0.1) is 5.92 Å². The van der Waals surface area contributed by atoms with Crippen molar-refractivity contribution in [3.8, 4) is 11.5 Å². The molecule has 2 amide bonds. The molecule has 0 aromatic heterocycles. The molecule has 0 N–H and O–H groups in total. The van der Waals surface area contributed by atoms with E-state index in [4.69, 9.17) is 9.47 Å². The third-order valence-electron chi connectivity index (χ3n) is 6.42. The topological polar surface area (TPSA) is 62.3 Å². The third-order valence-corrected chi connectivity index (χ3v) is 6.42. The third kappa shape index (κ3) is 3.80. The van der Waals surface area contributed by atoms with Crippen LogP contribution in [-0.2, 0) is 4.79 Å². The molecule has 2 aromatic rings. The van der Waals surface area contributed by atoms with Crippen molar-refractivity contribution in [2.45, 2.75) is 12.3 Å². The minimum atomic E-state index is 0.0272. The monoisotopic (exact) mass is 421 g/mol. The molecule has 1 aliphatic carbocycles. The summed E-state index contributed by atoms with van der Waals surface area (Å²) in [7, 11) is 3.92. The summed E-state index contributed by atoms with van der Waals surface area (Å²) in [4.78, 5) is 31.7. The van der Waals surface area contributed by atoms with Gasteiger partial charge in [-0.15, -0.1) is 0 Å². The molecular formula is C24H27N3O4. The Morgan fingerprint density at radius 3 is 2.45 bits per heavy atom. The molecule has 0 radical (unpaired) electrons. The molecule has 2 heterocycles. The lowest BCUT2D eigenvalue weighted by molar-refractivity contribution is -0.134. The smallest absolute Gasteiger partial charge is 0.254 e. The number of nitrogens with zero attached hydrogens (tertiary/aromatic N) is 3. The first-order chi connectivity index (χ1) is 15.0. The SMILES string of the molecule is CN(C)c1cccc(C(=O)N2CCN(C(=O)[C@@H]3C[C@@H]3c3ccc4c(c3)OCO4)CC2)c1. The first-order valence-corrected chi connectivity index (χ1v) is 10.8. The van der Waals surface area contributed by atoms with Crippen molar-refractivity contribution in [3.05, 3.63) is 53.6 Å². The minimum absolute atomic E-state index is 0.0272. The second-order valence-electron chi connectivity index (χ2n) is 8.62. The lowest BCUT2D eigenvalue weighted by Crippen LogP contribution is -2.51. The van der Waals surface area contributed by atoms with Crippen molar-refractivity contribution in [3.63, 3.8) is 0 Å². The highest BCUT2D eigenvalue weighted by Gasteiger charge is 2.46. The number of amides is 2. The first kappa shape index (κ1) is 19.7. The zero-order valence-electron chi connectivity index (χ0n) is 17.9. The molecule has 1 saturated carbocycles. The normalized spacial score (nSPS) is 21.7. The number of hydrogen-bond acceptors (Lipinski definition) is 5. The highest BCUT2D eigenvalue weighted by atomic mass is 16.7. The summed E-state index contributed by atoms with van der Waals surface area (Å²) in [5.41, 5.74) is 2.83. The number of rotatable bonds is 4. The number of anilines is 1. The quantitative estimate of drug-likeness (QED) is 0.759. The van der Waals surface area contributed by atoms with Crippen molar-refractivity contribution in [1.82, 2.24) is 9.80 Å². The van der Waals surface area contributed by atoms with Crippen LogP contribution < -0.4 is 14.4 Å². The van der Waals surface area contributed by atoms with E-state index in [2.05, 4.69) is 0 Å². The number of benzene rings is 2. The summed E-state index contributed by atoms with van der Waals surface area (Å²) in [6.45, 7) is 2.56. The van der Waals surface area contributed by atoms with Gasteiger partial charge in [-0.2, -0.15) is 0 Å². The van der Waals surface area contributed by atoms with E-state index in [0.717, 1.165) is 29.2 Å². The molecular weight excluding hydrogens is 394 g/mol. The van der Waals surface area contributed by atoms with Crippen LogP contribution >= 0.6 is 0 Å². The van der Waals surface area contributed by atoms with E-state index in [1.807, 2.05) is 71.3 Å². The van der Waals surface area contributed by atoms with E-state index < -0.39 is 0 Å². The molecule has 7 nitrogen and oxygen atoms in total. The molecule has 0 unspecified atom stereocenters. The van der Waals surface area contributed by atoms with Gasteiger partial charge in [0, 0.05) is 57.4 Å². The Morgan fingerprint density at radius 2 is 1.68 bits per heavy atom. The van der Waals surface area contributed by atoms with Gasteiger partial charge in [-0.05, 0) is 48.2 Å². The molecule has 5 rings (SSSR count). The van der Waals surface area contributed by atoms with Crippen molar-refractivity contribution in [2.75, 3.05) is 52.0 Å². The van der Waals surface area contributed by atoms with Crippen LogP contribution in [0.1, 0.15) is 28.3 Å². The molecule has 0 bridgehead atoms. The van der Waals surface area contributed by atoms with Crippen LogP contribution in [0.2, 0.25) is 0 Å². The lowest BCUT2D eigenvalue weighted by atomic mass is 10.1. The van der Waals surface area contributed by atoms with Gasteiger partial charge in [0.25, 0.3) is 5.91 Å². The summed E-state index contributed by atoms with van der Waals surface area (Å²) >= 11 is 0. The fraction of sp³-hybridized carbons (Fsp3) is 0.417. The van der Waals surface area contributed by atoms with Crippen LogP contribution in [-0.4, -0.2) is 68.7 Å². The zero-order valence-corrected chi connectivity index (χ0v) is 17.9. The second-order valence-corrected chi connectivity index (χ2v) is 8.62. The van der Waals surface area contributed by atoms with Crippen LogP contribution in [0.4, 0.5) is 5.69 Å². The Morgan fingerprint density at radius 1 is 0.935 bits per heavy atom. The maximum absolute atomic E-state index is 13.0. The summed E-state index contributed by atoms with van der Waals surface area (Å²) in [5, 5.41) is 0. The van der Waals surface area contributed by atoms with Crippen molar-refractivity contribution >= 4 is 17.5 Å². The summed E-state index contributed by atoms with van der Waals surface area (Å²) in [6, 6.07) is 13.6. The van der Waals surface area contributed by atoms with Gasteiger partial charge in [-0.3, -0.25) is 9.59 Å². The fourth-order valence-corrected chi connectivity index (χ4v) is 4.44. The van der Waals surface area contributed by atoms with Crippen LogP contribution in [0.15, 0.2) is 42.5 Å². The number of ether oxygens (including phenoxy) is 2. The lowest BCUT2D eigenvalue weighted by Gasteiger charge is -2.35. The van der Waals surface area contributed by atoms with Crippen LogP contribution in [0.3, 0.4) is 0 Å². The van der Waals surface area contributed by atoms with Crippen molar-refractivity contribution in [2.24, 2.45) is 5.92 Å². The molecule has 0 spiro atoms. The minimum Gasteiger partial charge on any atom is -0.454 e. The average molecular weight is 421 g/mol. The van der Waals surface area contributed by atoms with Gasteiger partial charge in [0.2, 0.25) is 12.7 Å². The highest BCUT2D eigenvalue weighted by Crippen LogP contribution is 2.50. The summed E-state index contributed by atoms with van der Waals surface area (Å²) in [6.07, 6.45) is 0.870. The van der Waals surface area contributed by atoms with E-state index in [1.54, 1.807) is 0 Å². The number of hydrogen-bond donors (Lipinski definition) is 0. The predicted octanol–water partition coefficient (Wildman–Crippen LogP) is 2.57. The van der Waals surface area contributed by atoms with E-state index in [0.29, 0.717) is 31.7 Å². The van der Waals surface area contributed by atoms with E-state index >= 15 is 0 Å². The summed E-state index contributed by atoms with van der Waals surface area (Å²) in [5.74, 6) is 2.03. The van der Waals surface area contributed by atoms with Gasteiger partial charge in [0.05, 0.1) is 0 Å². The largest absolute Gasteiger partial charge is 0.454 e. The van der Waals surface area contributed by atoms with Crippen molar-refractivity contribution in [1.29, 1.82) is 0 Å². The van der Waals surface area contributed by atoms with Gasteiger partial charge >= 0.3 is 0 Å². The Bertz CT molecular complexity index is 1010. The zero-order chi connectivity index (χ0) is 21.5. The highest BCUT2D eigenvalue weighted by molar-refractivity contribution is 5.95. The molecule has 162 valence electrons.